The molecule has 1 aromatic rings. The first kappa shape index (κ1) is 14.9. The molecular formula is C13H16FNO4. The maximum absolute atomic E-state index is 13.7. The van der Waals surface area contributed by atoms with E-state index < -0.39 is 23.5 Å². The van der Waals surface area contributed by atoms with Crippen molar-refractivity contribution in [2.24, 2.45) is 0 Å². The van der Waals surface area contributed by atoms with Crippen molar-refractivity contribution in [3.8, 4) is 0 Å². The Morgan fingerprint density at radius 3 is 2.37 bits per heavy atom. The van der Waals surface area contributed by atoms with Gasteiger partial charge in [0.2, 0.25) is 0 Å². The van der Waals surface area contributed by atoms with E-state index in [1.54, 1.807) is 20.8 Å². The molecule has 0 saturated carbocycles. The molecule has 0 spiro atoms. The van der Waals surface area contributed by atoms with Crippen LogP contribution in [-0.2, 0) is 9.47 Å². The fraction of sp³-hybridized carbons (Fsp3) is 0.385. The minimum atomic E-state index is -0.766. The van der Waals surface area contributed by atoms with Gasteiger partial charge >= 0.3 is 12.1 Å². The highest BCUT2D eigenvalue weighted by atomic mass is 19.1. The monoisotopic (exact) mass is 269 g/mol. The van der Waals surface area contributed by atoms with Gasteiger partial charge in [0.05, 0.1) is 18.4 Å². The standard InChI is InChI=1S/C13H16FNO4/c1-13(2,3)19-12(17)15-10-6-5-8(7-9(10)14)11(16)18-4/h5-7H,1-4H3,(H,15,17). The Labute approximate surface area is 110 Å². The van der Waals surface area contributed by atoms with E-state index in [-0.39, 0.29) is 11.3 Å². The number of carbonyl (C=O) groups excluding carboxylic acids is 2. The predicted octanol–water partition coefficient (Wildman–Crippen LogP) is 2.96. The van der Waals surface area contributed by atoms with Crippen LogP contribution in [0.1, 0.15) is 31.1 Å². The number of hydrogen-bond acceptors (Lipinski definition) is 4. The number of amides is 1. The molecule has 1 amide bonds. The van der Waals surface area contributed by atoms with E-state index in [9.17, 15) is 14.0 Å². The Balaban J connectivity index is 2.81. The molecule has 1 rings (SSSR count). The second kappa shape index (κ2) is 5.69. The number of nitrogens with one attached hydrogen (secondary N) is 1. The van der Waals surface area contributed by atoms with E-state index in [1.165, 1.54) is 19.2 Å². The van der Waals surface area contributed by atoms with Crippen molar-refractivity contribution in [1.29, 1.82) is 0 Å². The van der Waals surface area contributed by atoms with Gasteiger partial charge in [-0.3, -0.25) is 5.32 Å². The number of ether oxygens (including phenoxy) is 2. The molecule has 0 fully saturated rings. The summed E-state index contributed by atoms with van der Waals surface area (Å²) in [6.45, 7) is 5.09. The van der Waals surface area contributed by atoms with Crippen LogP contribution in [0.4, 0.5) is 14.9 Å². The Morgan fingerprint density at radius 1 is 1.26 bits per heavy atom. The summed E-state index contributed by atoms with van der Waals surface area (Å²) in [4.78, 5) is 22.6. The molecule has 0 radical (unpaired) electrons. The van der Waals surface area contributed by atoms with Gasteiger partial charge in [0.1, 0.15) is 11.4 Å². The fourth-order valence-electron chi connectivity index (χ4n) is 1.27. The maximum Gasteiger partial charge on any atom is 0.412 e. The van der Waals surface area contributed by atoms with Crippen LogP contribution in [0, 0.1) is 5.82 Å². The van der Waals surface area contributed by atoms with E-state index >= 15 is 0 Å². The van der Waals surface area contributed by atoms with Crippen LogP contribution in [0.3, 0.4) is 0 Å². The summed E-state index contributed by atoms with van der Waals surface area (Å²) in [5.74, 6) is -1.39. The van der Waals surface area contributed by atoms with Gasteiger partial charge < -0.3 is 9.47 Å². The Kier molecular flexibility index (Phi) is 4.47. The first-order valence-electron chi connectivity index (χ1n) is 5.61. The van der Waals surface area contributed by atoms with E-state index in [1.807, 2.05) is 0 Å². The molecular weight excluding hydrogens is 253 g/mol. The zero-order valence-electron chi connectivity index (χ0n) is 11.2. The van der Waals surface area contributed by atoms with Gasteiger partial charge in [-0.25, -0.2) is 14.0 Å². The molecule has 0 unspecified atom stereocenters. The molecule has 0 saturated heterocycles. The summed E-state index contributed by atoms with van der Waals surface area (Å²) < 4.78 is 23.1. The molecule has 0 bridgehead atoms. The lowest BCUT2D eigenvalue weighted by atomic mass is 10.2. The summed E-state index contributed by atoms with van der Waals surface area (Å²) >= 11 is 0. The van der Waals surface area contributed by atoms with Crippen molar-refractivity contribution in [2.75, 3.05) is 12.4 Å². The Bertz CT molecular complexity index is 494. The van der Waals surface area contributed by atoms with Crippen LogP contribution in [0.25, 0.3) is 0 Å². The number of hydrogen-bond donors (Lipinski definition) is 1. The van der Waals surface area contributed by atoms with Gasteiger partial charge in [0, 0.05) is 0 Å². The van der Waals surface area contributed by atoms with Crippen molar-refractivity contribution in [3.63, 3.8) is 0 Å². The van der Waals surface area contributed by atoms with Crippen molar-refractivity contribution < 1.29 is 23.5 Å². The number of rotatable bonds is 2. The third-order valence-electron chi connectivity index (χ3n) is 2.03. The van der Waals surface area contributed by atoms with Gasteiger partial charge in [-0.05, 0) is 39.0 Å². The van der Waals surface area contributed by atoms with E-state index in [4.69, 9.17) is 4.74 Å². The van der Waals surface area contributed by atoms with Crippen LogP contribution < -0.4 is 5.32 Å². The molecule has 0 atom stereocenters. The molecule has 0 heterocycles. The molecule has 6 heteroatoms. The highest BCUT2D eigenvalue weighted by molar-refractivity contribution is 5.91. The van der Waals surface area contributed by atoms with Gasteiger partial charge in [0.25, 0.3) is 0 Å². The highest BCUT2D eigenvalue weighted by Gasteiger charge is 2.18. The van der Waals surface area contributed by atoms with Crippen LogP contribution >= 0.6 is 0 Å². The van der Waals surface area contributed by atoms with E-state index in [2.05, 4.69) is 10.1 Å². The second-order valence-corrected chi connectivity index (χ2v) is 4.81. The lowest BCUT2D eigenvalue weighted by Gasteiger charge is -2.19. The van der Waals surface area contributed by atoms with Crippen molar-refractivity contribution in [2.45, 2.75) is 26.4 Å². The maximum atomic E-state index is 13.7. The average Bonchev–Trinajstić information content (AvgIpc) is 2.28. The summed E-state index contributed by atoms with van der Waals surface area (Å²) in [5, 5.41) is 2.26. The first-order valence-corrected chi connectivity index (χ1v) is 5.61. The Hall–Kier alpha value is -2.11. The van der Waals surface area contributed by atoms with Crippen LogP contribution in [0.2, 0.25) is 0 Å². The molecule has 104 valence electrons. The van der Waals surface area contributed by atoms with Gasteiger partial charge in [-0.1, -0.05) is 0 Å². The third-order valence-corrected chi connectivity index (χ3v) is 2.03. The number of carbonyl (C=O) groups is 2. The summed E-state index contributed by atoms with van der Waals surface area (Å²) in [7, 11) is 1.20. The normalized spacial score (nSPS) is 10.8. The van der Waals surface area contributed by atoms with E-state index in [0.29, 0.717) is 0 Å². The number of halogens is 1. The topological polar surface area (TPSA) is 64.6 Å². The minimum Gasteiger partial charge on any atom is -0.465 e. The smallest absolute Gasteiger partial charge is 0.412 e. The highest BCUT2D eigenvalue weighted by Crippen LogP contribution is 2.17. The molecule has 0 aliphatic rings. The predicted molar refractivity (Wildman–Crippen MR) is 67.6 cm³/mol. The summed E-state index contributed by atoms with van der Waals surface area (Å²) in [5.41, 5.74) is -0.677. The molecule has 19 heavy (non-hydrogen) atoms. The number of methoxy groups -OCH3 is 1. The van der Waals surface area contributed by atoms with Gasteiger partial charge in [0.15, 0.2) is 0 Å². The zero-order chi connectivity index (χ0) is 14.6. The molecule has 0 aliphatic carbocycles. The number of esters is 1. The largest absolute Gasteiger partial charge is 0.465 e. The lowest BCUT2D eigenvalue weighted by Crippen LogP contribution is -2.27. The fourth-order valence-corrected chi connectivity index (χ4v) is 1.27. The zero-order valence-corrected chi connectivity index (χ0v) is 11.2. The molecule has 1 N–H and O–H groups in total. The van der Waals surface area contributed by atoms with Crippen LogP contribution in [0.5, 0.6) is 0 Å². The quantitative estimate of drug-likeness (QED) is 0.838. The molecule has 0 aliphatic heterocycles. The second-order valence-electron chi connectivity index (χ2n) is 4.81. The molecule has 1 aromatic carbocycles. The Morgan fingerprint density at radius 2 is 1.89 bits per heavy atom. The van der Waals surface area contributed by atoms with Crippen molar-refractivity contribution in [1.82, 2.24) is 0 Å². The molecule has 0 aromatic heterocycles. The third kappa shape index (κ3) is 4.57. The number of benzene rings is 1. The summed E-state index contributed by atoms with van der Waals surface area (Å²) in [6.07, 6.45) is -0.766. The van der Waals surface area contributed by atoms with E-state index in [0.717, 1.165) is 6.07 Å². The van der Waals surface area contributed by atoms with Crippen LogP contribution in [0.15, 0.2) is 18.2 Å². The number of anilines is 1. The first-order chi connectivity index (χ1) is 8.73. The van der Waals surface area contributed by atoms with Gasteiger partial charge in [-0.15, -0.1) is 0 Å². The lowest BCUT2D eigenvalue weighted by molar-refractivity contribution is 0.0598. The summed E-state index contributed by atoms with van der Waals surface area (Å²) in [6, 6.07) is 3.60. The minimum absolute atomic E-state index is 0.0646. The van der Waals surface area contributed by atoms with Crippen molar-refractivity contribution >= 4 is 17.7 Å². The van der Waals surface area contributed by atoms with Crippen molar-refractivity contribution in [3.05, 3.63) is 29.6 Å². The average molecular weight is 269 g/mol. The van der Waals surface area contributed by atoms with Crippen LogP contribution in [-0.4, -0.2) is 24.8 Å². The molecule has 5 nitrogen and oxygen atoms in total. The SMILES string of the molecule is COC(=O)c1ccc(NC(=O)OC(C)(C)C)c(F)c1. The van der Waals surface area contributed by atoms with Gasteiger partial charge in [-0.2, -0.15) is 0 Å².